The van der Waals surface area contributed by atoms with Crippen molar-refractivity contribution in [2.75, 3.05) is 59.5 Å². The molecule has 3 aromatic rings. The van der Waals surface area contributed by atoms with Crippen LogP contribution in [-0.4, -0.2) is 114 Å². The van der Waals surface area contributed by atoms with E-state index < -0.39 is 12.5 Å². The van der Waals surface area contributed by atoms with Gasteiger partial charge in [-0.25, -0.2) is 9.50 Å². The van der Waals surface area contributed by atoms with Gasteiger partial charge in [0.25, 0.3) is 5.91 Å². The van der Waals surface area contributed by atoms with Gasteiger partial charge in [0.1, 0.15) is 17.9 Å². The lowest BCUT2D eigenvalue weighted by molar-refractivity contribution is -0.131. The third kappa shape index (κ3) is 7.52. The van der Waals surface area contributed by atoms with Gasteiger partial charge in [-0.05, 0) is 30.8 Å². The summed E-state index contributed by atoms with van der Waals surface area (Å²) < 4.78 is 38.5. The van der Waals surface area contributed by atoms with Gasteiger partial charge in [-0.15, -0.1) is 11.8 Å². The third-order valence-electron chi connectivity index (χ3n) is 7.26. The Balaban J connectivity index is 1.48. The number of nitrogens with one attached hydrogen (secondary N) is 2. The number of likely N-dealkylation sites (N-methyl/N-ethyl adjacent to an activating group) is 1. The molecule has 0 aliphatic carbocycles. The lowest BCUT2D eigenvalue weighted by atomic mass is 10.1. The van der Waals surface area contributed by atoms with Gasteiger partial charge in [0.05, 0.1) is 36.1 Å². The van der Waals surface area contributed by atoms with Crippen molar-refractivity contribution < 1.29 is 27.8 Å². The number of fused-ring (bicyclic) bond motifs is 1. The van der Waals surface area contributed by atoms with Crippen LogP contribution in [0.1, 0.15) is 22.8 Å². The lowest BCUT2D eigenvalue weighted by Gasteiger charge is -2.33. The summed E-state index contributed by atoms with van der Waals surface area (Å²) in [5.41, 5.74) is 1.20. The number of ether oxygens (including phenoxy) is 2. The molecule has 2 aliphatic rings. The number of allylic oxidation sites excluding steroid dienone is 1. The summed E-state index contributed by atoms with van der Waals surface area (Å²) in [5, 5.41) is 10.3. The molecule has 0 atom stereocenters. The number of aliphatic imine (C=N–C) groups is 1. The smallest absolute Gasteiger partial charge is 0.387 e. The van der Waals surface area contributed by atoms with Crippen LogP contribution in [0, 0.1) is 0 Å². The van der Waals surface area contributed by atoms with E-state index in [-0.39, 0.29) is 46.0 Å². The average molecular weight is 629 g/mol. The Labute approximate surface area is 257 Å². The van der Waals surface area contributed by atoms with Crippen molar-refractivity contribution in [1.82, 2.24) is 35.0 Å². The number of carbonyl (C=O) groups is 2. The molecule has 1 aromatic carbocycles. The minimum atomic E-state index is -3.08. The van der Waals surface area contributed by atoms with Gasteiger partial charge in [-0.3, -0.25) is 14.6 Å². The number of alkyl halides is 2. The standard InChI is InChI=1S/C29H34F2N8O4S/c1-3-37-9-11-38(12-10-37)25(40)16-33-15-23(36-28(41)22-14-35-39-8-4-7-34-27(22)39)26(32-2)21-13-19(44-20-17-42-18-20)5-6-24(21)43-29(30)31/h4-8,13-15,20,29,32H,3,9-12,16-18H2,1-2H3,(H,36,41). The first kappa shape index (κ1) is 31.3. The molecule has 2 amide bonds. The van der Waals surface area contributed by atoms with Gasteiger partial charge in [-0.1, -0.05) is 6.92 Å². The molecule has 0 spiro atoms. The number of halogens is 2. The molecule has 12 nitrogen and oxygen atoms in total. The summed E-state index contributed by atoms with van der Waals surface area (Å²) in [6, 6.07) is 6.56. The number of nitrogens with zero attached hydrogens (tertiary/aromatic N) is 6. The van der Waals surface area contributed by atoms with E-state index in [4.69, 9.17) is 9.47 Å². The zero-order valence-electron chi connectivity index (χ0n) is 24.4. The van der Waals surface area contributed by atoms with Crippen LogP contribution in [0.2, 0.25) is 0 Å². The van der Waals surface area contributed by atoms with Crippen molar-refractivity contribution in [3.8, 4) is 5.75 Å². The van der Waals surface area contributed by atoms with Crippen molar-refractivity contribution in [3.05, 3.63) is 59.7 Å². The quantitative estimate of drug-likeness (QED) is 0.291. The number of benzene rings is 1. The van der Waals surface area contributed by atoms with Gasteiger partial charge < -0.3 is 29.9 Å². The predicted octanol–water partition coefficient (Wildman–Crippen LogP) is 2.37. The molecule has 44 heavy (non-hydrogen) atoms. The van der Waals surface area contributed by atoms with Crippen molar-refractivity contribution >= 4 is 41.1 Å². The molecule has 2 N–H and O–H groups in total. The highest BCUT2D eigenvalue weighted by Crippen LogP contribution is 2.35. The minimum absolute atomic E-state index is 0.0961. The Bertz CT molecular complexity index is 1540. The van der Waals surface area contributed by atoms with E-state index in [2.05, 4.69) is 37.5 Å². The zero-order chi connectivity index (χ0) is 31.1. The Kier molecular flexibility index (Phi) is 10.4. The molecule has 15 heteroatoms. The van der Waals surface area contributed by atoms with E-state index in [1.165, 1.54) is 23.0 Å². The second kappa shape index (κ2) is 14.6. The third-order valence-corrected chi connectivity index (χ3v) is 8.39. The monoisotopic (exact) mass is 628 g/mol. The Morgan fingerprint density at radius 3 is 2.70 bits per heavy atom. The van der Waals surface area contributed by atoms with Crippen LogP contribution in [0.4, 0.5) is 8.78 Å². The highest BCUT2D eigenvalue weighted by molar-refractivity contribution is 8.00. The molecule has 4 heterocycles. The number of hydrogen-bond donors (Lipinski definition) is 2. The summed E-state index contributed by atoms with van der Waals surface area (Å²) in [7, 11) is 1.59. The number of rotatable bonds is 12. The number of carbonyl (C=O) groups excluding carboxylic acids is 2. The molecule has 2 aliphatic heterocycles. The first-order valence-electron chi connectivity index (χ1n) is 14.2. The van der Waals surface area contributed by atoms with Crippen LogP contribution in [0.15, 0.2) is 58.4 Å². The van der Waals surface area contributed by atoms with Crippen LogP contribution < -0.4 is 15.4 Å². The molecule has 0 saturated carbocycles. The summed E-state index contributed by atoms with van der Waals surface area (Å²) in [6.07, 6.45) is 5.94. The maximum atomic E-state index is 13.5. The number of piperazine rings is 1. The van der Waals surface area contributed by atoms with Crippen molar-refractivity contribution in [2.45, 2.75) is 23.7 Å². The fourth-order valence-electron chi connectivity index (χ4n) is 4.83. The van der Waals surface area contributed by atoms with E-state index in [0.29, 0.717) is 32.0 Å². The summed E-state index contributed by atoms with van der Waals surface area (Å²) in [5.74, 6) is -0.798. The minimum Gasteiger partial charge on any atom is -0.434 e. The molecule has 2 fully saturated rings. The second-order valence-corrected chi connectivity index (χ2v) is 11.4. The first-order valence-corrected chi connectivity index (χ1v) is 15.1. The Hall–Kier alpha value is -4.08. The molecule has 234 valence electrons. The molecule has 2 saturated heterocycles. The number of thioether (sulfide) groups is 1. The van der Waals surface area contributed by atoms with E-state index in [0.717, 1.165) is 24.5 Å². The molecular formula is C29H34F2N8O4S. The van der Waals surface area contributed by atoms with Crippen LogP contribution in [-0.2, 0) is 9.53 Å². The molecular weight excluding hydrogens is 594 g/mol. The van der Waals surface area contributed by atoms with Crippen molar-refractivity contribution in [1.29, 1.82) is 0 Å². The van der Waals surface area contributed by atoms with Gasteiger partial charge in [-0.2, -0.15) is 13.9 Å². The van der Waals surface area contributed by atoms with Crippen LogP contribution in [0.5, 0.6) is 5.75 Å². The highest BCUT2D eigenvalue weighted by atomic mass is 32.2. The SMILES string of the molecule is CCN1CCN(C(=O)CN=CC(NC(=O)c2cnn3cccnc23)=C(NC)c2cc(SC3COC3)ccc2OC(F)F)CC1. The fraction of sp³-hybridized carbons (Fsp3) is 0.414. The molecule has 0 bridgehead atoms. The lowest BCUT2D eigenvalue weighted by Crippen LogP contribution is -2.49. The summed E-state index contributed by atoms with van der Waals surface area (Å²) in [4.78, 5) is 39.9. The van der Waals surface area contributed by atoms with E-state index >= 15 is 0 Å². The normalized spacial score (nSPS) is 16.7. The molecule has 5 rings (SSSR count). The molecule has 0 unspecified atom stereocenters. The van der Waals surface area contributed by atoms with Crippen molar-refractivity contribution in [3.63, 3.8) is 0 Å². The van der Waals surface area contributed by atoms with E-state index in [1.54, 1.807) is 54.3 Å². The summed E-state index contributed by atoms with van der Waals surface area (Å²) in [6.45, 7) is 3.75. The highest BCUT2D eigenvalue weighted by Gasteiger charge is 2.24. The number of aromatic nitrogens is 3. The van der Waals surface area contributed by atoms with Crippen LogP contribution in [0.25, 0.3) is 11.3 Å². The largest absolute Gasteiger partial charge is 0.434 e. The second-order valence-electron chi connectivity index (χ2n) is 10.0. The zero-order valence-corrected chi connectivity index (χ0v) is 25.2. The Morgan fingerprint density at radius 2 is 2.02 bits per heavy atom. The number of hydrogen-bond acceptors (Lipinski definition) is 10. The maximum absolute atomic E-state index is 13.5. The van der Waals surface area contributed by atoms with Crippen LogP contribution >= 0.6 is 11.8 Å². The Morgan fingerprint density at radius 1 is 1.23 bits per heavy atom. The van der Waals surface area contributed by atoms with E-state index in [1.807, 2.05) is 0 Å². The van der Waals surface area contributed by atoms with Gasteiger partial charge >= 0.3 is 6.61 Å². The van der Waals surface area contributed by atoms with Crippen molar-refractivity contribution in [2.24, 2.45) is 4.99 Å². The average Bonchev–Trinajstić information content (AvgIpc) is 3.44. The summed E-state index contributed by atoms with van der Waals surface area (Å²) >= 11 is 1.55. The maximum Gasteiger partial charge on any atom is 0.387 e. The molecule has 0 radical (unpaired) electrons. The van der Waals surface area contributed by atoms with Gasteiger partial charge in [0, 0.05) is 62.3 Å². The first-order chi connectivity index (χ1) is 21.4. The van der Waals surface area contributed by atoms with E-state index in [9.17, 15) is 18.4 Å². The fourth-order valence-corrected chi connectivity index (χ4v) is 5.88. The number of amides is 2. The predicted molar refractivity (Wildman–Crippen MR) is 162 cm³/mol. The molecule has 2 aromatic heterocycles. The van der Waals surface area contributed by atoms with Gasteiger partial charge in [0.15, 0.2) is 5.65 Å². The van der Waals surface area contributed by atoms with Crippen LogP contribution in [0.3, 0.4) is 0 Å². The topological polar surface area (TPSA) is 126 Å². The van der Waals surface area contributed by atoms with Gasteiger partial charge in [0.2, 0.25) is 5.91 Å².